The van der Waals surface area contributed by atoms with E-state index in [9.17, 15) is 14.4 Å². The molecule has 0 radical (unpaired) electrons. The molecule has 2 aromatic carbocycles. The van der Waals surface area contributed by atoms with Gasteiger partial charge in [-0.1, -0.05) is 70.9 Å². The Kier molecular flexibility index (Phi) is 11.6. The van der Waals surface area contributed by atoms with Gasteiger partial charge in [0.15, 0.2) is 5.78 Å². The highest BCUT2D eigenvalue weighted by Gasteiger charge is 2.36. The molecule has 8 nitrogen and oxygen atoms in total. The molecule has 0 unspecified atom stereocenters. The van der Waals surface area contributed by atoms with E-state index in [-0.39, 0.29) is 24.8 Å². The van der Waals surface area contributed by atoms with E-state index in [0.717, 1.165) is 23.5 Å². The van der Waals surface area contributed by atoms with Crippen molar-refractivity contribution in [2.45, 2.75) is 59.6 Å². The number of nitrogens with zero attached hydrogens (tertiary/aromatic N) is 1. The monoisotopic (exact) mass is 512 g/mol. The molecule has 0 bridgehead atoms. The minimum absolute atomic E-state index is 0.0824. The molecule has 8 heteroatoms. The lowest BCUT2D eigenvalue weighted by atomic mass is 9.81. The van der Waals surface area contributed by atoms with Crippen molar-refractivity contribution in [3.63, 3.8) is 0 Å². The minimum Gasteiger partial charge on any atom is -0.497 e. The lowest BCUT2D eigenvalue weighted by Gasteiger charge is -2.32. The number of hydroxylamine groups is 2. The number of nitrogens with one attached hydrogen (secondary N) is 1. The number of hydrogen-bond donors (Lipinski definition) is 1. The van der Waals surface area contributed by atoms with E-state index in [0.29, 0.717) is 29.9 Å². The van der Waals surface area contributed by atoms with Crippen LogP contribution >= 0.6 is 0 Å². The van der Waals surface area contributed by atoms with Gasteiger partial charge < -0.3 is 14.8 Å². The maximum absolute atomic E-state index is 13.7. The SMILES string of the molecule is CCCC[C@H](CN(C=O)OCc1ccccc1)C(=O)N[C@H](C(=O)c1ccc(OC)cc1OC)C(C)(C)C. The van der Waals surface area contributed by atoms with Crippen LogP contribution < -0.4 is 14.8 Å². The molecule has 2 aromatic rings. The van der Waals surface area contributed by atoms with Crippen molar-refractivity contribution in [1.29, 1.82) is 0 Å². The summed E-state index contributed by atoms with van der Waals surface area (Å²) in [4.78, 5) is 44.6. The van der Waals surface area contributed by atoms with E-state index in [4.69, 9.17) is 14.3 Å². The highest BCUT2D eigenvalue weighted by molar-refractivity contribution is 6.04. The normalized spacial score (nSPS) is 12.8. The van der Waals surface area contributed by atoms with Crippen molar-refractivity contribution in [2.75, 3.05) is 20.8 Å². The van der Waals surface area contributed by atoms with Gasteiger partial charge in [0.05, 0.1) is 38.3 Å². The Morgan fingerprint density at radius 3 is 2.32 bits per heavy atom. The Morgan fingerprint density at radius 2 is 1.76 bits per heavy atom. The summed E-state index contributed by atoms with van der Waals surface area (Å²) in [6.07, 6.45) is 2.83. The Labute approximate surface area is 220 Å². The molecule has 0 aliphatic carbocycles. The molecule has 0 saturated heterocycles. The second-order valence-electron chi connectivity index (χ2n) is 10.0. The predicted octanol–water partition coefficient (Wildman–Crippen LogP) is 4.81. The molecule has 37 heavy (non-hydrogen) atoms. The largest absolute Gasteiger partial charge is 0.497 e. The second-order valence-corrected chi connectivity index (χ2v) is 10.0. The highest BCUT2D eigenvalue weighted by atomic mass is 16.7. The lowest BCUT2D eigenvalue weighted by Crippen LogP contribution is -2.52. The number of methoxy groups -OCH3 is 2. The standard InChI is InChI=1S/C29H40N2O6/c1-7-8-14-22(18-31(20-32)37-19-21-12-10-9-11-13-21)28(34)30-27(29(2,3)4)26(33)24-16-15-23(35-5)17-25(24)36-6/h9-13,15-17,20,22,27H,7-8,14,18-19H2,1-6H3,(H,30,34)/t22-,27-/m1/s1. The number of hydrogen-bond acceptors (Lipinski definition) is 6. The first-order valence-electron chi connectivity index (χ1n) is 12.6. The molecule has 0 fully saturated rings. The van der Waals surface area contributed by atoms with Crippen molar-refractivity contribution in [3.8, 4) is 11.5 Å². The lowest BCUT2D eigenvalue weighted by molar-refractivity contribution is -0.182. The van der Waals surface area contributed by atoms with Crippen LogP contribution in [0.5, 0.6) is 11.5 Å². The zero-order valence-electron chi connectivity index (χ0n) is 22.8. The van der Waals surface area contributed by atoms with Crippen LogP contribution in [0.3, 0.4) is 0 Å². The number of rotatable bonds is 15. The summed E-state index contributed by atoms with van der Waals surface area (Å²) in [5.41, 5.74) is 0.686. The molecular weight excluding hydrogens is 472 g/mol. The molecular formula is C29H40N2O6. The molecule has 202 valence electrons. The van der Waals surface area contributed by atoms with E-state index >= 15 is 0 Å². The van der Waals surface area contributed by atoms with E-state index in [1.807, 2.05) is 58.0 Å². The molecule has 0 aliphatic heterocycles. The van der Waals surface area contributed by atoms with E-state index in [1.54, 1.807) is 18.2 Å². The van der Waals surface area contributed by atoms with Crippen LogP contribution in [0.1, 0.15) is 62.9 Å². The first-order valence-corrected chi connectivity index (χ1v) is 12.6. The number of amides is 2. The second kappa shape index (κ2) is 14.4. The average Bonchev–Trinajstić information content (AvgIpc) is 2.90. The molecule has 1 N–H and O–H groups in total. The highest BCUT2D eigenvalue weighted by Crippen LogP contribution is 2.30. The molecule has 2 atom stereocenters. The predicted molar refractivity (Wildman–Crippen MR) is 142 cm³/mol. The number of benzene rings is 2. The number of Topliss-reactive ketones (excluding diaryl/α,β-unsaturated/α-hetero) is 1. The van der Waals surface area contributed by atoms with Crippen LogP contribution in [0.2, 0.25) is 0 Å². The summed E-state index contributed by atoms with van der Waals surface area (Å²) in [6.45, 7) is 8.02. The molecule has 0 heterocycles. The summed E-state index contributed by atoms with van der Waals surface area (Å²) < 4.78 is 10.7. The summed E-state index contributed by atoms with van der Waals surface area (Å²) >= 11 is 0. The summed E-state index contributed by atoms with van der Waals surface area (Å²) in [6, 6.07) is 13.6. The number of carbonyl (C=O) groups excluding carboxylic acids is 3. The van der Waals surface area contributed by atoms with E-state index in [1.165, 1.54) is 14.2 Å². The summed E-state index contributed by atoms with van der Waals surface area (Å²) in [5.74, 6) is -0.173. The van der Waals surface area contributed by atoms with Crippen LogP contribution in [-0.2, 0) is 21.0 Å². The van der Waals surface area contributed by atoms with Gasteiger partial charge in [-0.25, -0.2) is 5.06 Å². The van der Waals surface area contributed by atoms with Gasteiger partial charge in [0.25, 0.3) is 0 Å². The first-order chi connectivity index (χ1) is 17.6. The quantitative estimate of drug-likeness (QED) is 0.209. The number of ether oxygens (including phenoxy) is 2. The van der Waals surface area contributed by atoms with Crippen molar-refractivity contribution in [1.82, 2.24) is 10.4 Å². The Balaban J connectivity index is 2.22. The van der Waals surface area contributed by atoms with E-state index < -0.39 is 17.4 Å². The van der Waals surface area contributed by atoms with Crippen molar-refractivity contribution in [3.05, 3.63) is 59.7 Å². The van der Waals surface area contributed by atoms with Gasteiger partial charge in [0, 0.05) is 6.07 Å². The molecule has 2 amide bonds. The van der Waals surface area contributed by atoms with Gasteiger partial charge in [-0.2, -0.15) is 0 Å². The average molecular weight is 513 g/mol. The van der Waals surface area contributed by atoms with Crippen LogP contribution in [0.15, 0.2) is 48.5 Å². The number of carbonyl (C=O) groups is 3. The Hall–Kier alpha value is -3.39. The fourth-order valence-corrected chi connectivity index (χ4v) is 3.92. The van der Waals surface area contributed by atoms with Crippen LogP contribution in [0.25, 0.3) is 0 Å². The van der Waals surface area contributed by atoms with Gasteiger partial charge >= 0.3 is 0 Å². The van der Waals surface area contributed by atoms with Crippen LogP contribution in [0, 0.1) is 11.3 Å². The Bertz CT molecular complexity index is 1020. The molecule has 0 aliphatic rings. The zero-order valence-corrected chi connectivity index (χ0v) is 22.8. The van der Waals surface area contributed by atoms with Gasteiger partial charge in [-0.15, -0.1) is 0 Å². The van der Waals surface area contributed by atoms with Crippen molar-refractivity contribution < 1.29 is 28.7 Å². The topological polar surface area (TPSA) is 94.2 Å². The minimum atomic E-state index is -0.818. The van der Waals surface area contributed by atoms with Gasteiger partial charge in [-0.3, -0.25) is 19.2 Å². The third-order valence-corrected chi connectivity index (χ3v) is 6.12. The zero-order chi connectivity index (χ0) is 27.4. The van der Waals surface area contributed by atoms with Crippen molar-refractivity contribution in [2.24, 2.45) is 11.3 Å². The fourth-order valence-electron chi connectivity index (χ4n) is 3.92. The maximum atomic E-state index is 13.7. The van der Waals surface area contributed by atoms with Gasteiger partial charge in [0.1, 0.15) is 18.1 Å². The smallest absolute Gasteiger partial charge is 0.233 e. The third kappa shape index (κ3) is 8.89. The maximum Gasteiger partial charge on any atom is 0.233 e. The van der Waals surface area contributed by atoms with Crippen LogP contribution in [-0.4, -0.2) is 50.0 Å². The van der Waals surface area contributed by atoms with E-state index in [2.05, 4.69) is 5.32 Å². The molecule has 0 aromatic heterocycles. The van der Waals surface area contributed by atoms with Gasteiger partial charge in [-0.05, 0) is 29.5 Å². The van der Waals surface area contributed by atoms with Crippen molar-refractivity contribution >= 4 is 18.1 Å². The number of unbranched alkanes of at least 4 members (excludes halogenated alkanes) is 1. The third-order valence-electron chi connectivity index (χ3n) is 6.12. The summed E-state index contributed by atoms with van der Waals surface area (Å²) in [7, 11) is 3.03. The molecule has 2 rings (SSSR count). The number of ketones is 1. The molecule has 0 saturated carbocycles. The van der Waals surface area contributed by atoms with Gasteiger partial charge in [0.2, 0.25) is 12.3 Å². The summed E-state index contributed by atoms with van der Waals surface area (Å²) in [5, 5.41) is 4.13. The fraction of sp³-hybridized carbons (Fsp3) is 0.483. The Morgan fingerprint density at radius 1 is 1.05 bits per heavy atom. The van der Waals surface area contributed by atoms with Crippen LogP contribution in [0.4, 0.5) is 0 Å². The molecule has 0 spiro atoms. The first kappa shape index (κ1) is 29.8.